The van der Waals surface area contributed by atoms with Crippen molar-refractivity contribution in [3.8, 4) is 50.6 Å². The van der Waals surface area contributed by atoms with Gasteiger partial charge in [0.2, 0.25) is 0 Å². The maximum absolute atomic E-state index is 9.74. The Morgan fingerprint density at radius 3 is 0.963 bits per heavy atom. The van der Waals surface area contributed by atoms with Crippen LogP contribution in [0.25, 0.3) is 200 Å². The molecule has 0 amide bonds. The predicted molar refractivity (Wildman–Crippen MR) is 340 cm³/mol. The van der Waals surface area contributed by atoms with Crippen molar-refractivity contribution in [2.75, 3.05) is 0 Å². The van der Waals surface area contributed by atoms with Crippen LogP contribution in [-0.2, 0) is 0 Å². The number of benzene rings is 15. The second kappa shape index (κ2) is 15.0. The van der Waals surface area contributed by atoms with Crippen molar-refractivity contribution in [3.63, 3.8) is 0 Å². The molecule has 2 heteroatoms. The first-order valence-electron chi connectivity index (χ1n) is 27.5. The zero-order chi connectivity index (χ0) is 52.2. The fraction of sp³-hybridized carbons (Fsp3) is 0. The quantitative estimate of drug-likeness (QED) is 0.0981. The molecule has 0 radical (unpaired) electrons. The van der Waals surface area contributed by atoms with Gasteiger partial charge in [-0.25, -0.2) is 4.85 Å². The molecule has 0 bridgehead atoms. The van der Waals surface area contributed by atoms with Gasteiger partial charge < -0.3 is 0 Å². The fourth-order valence-electron chi connectivity index (χ4n) is 15.5. The summed E-state index contributed by atoms with van der Waals surface area (Å²) in [7, 11) is 0. The molecule has 0 aromatic heterocycles. The molecular formula is C78H38N2. The van der Waals surface area contributed by atoms with E-state index >= 15 is 0 Å². The van der Waals surface area contributed by atoms with Crippen molar-refractivity contribution in [2.24, 2.45) is 0 Å². The topological polar surface area (TPSA) is 28.1 Å². The number of nitrogens with zero attached hydrogens (tertiary/aromatic N) is 2. The predicted octanol–water partition coefficient (Wildman–Crippen LogP) is 22.1. The Hall–Kier alpha value is -10.9. The van der Waals surface area contributed by atoms with Crippen molar-refractivity contribution in [2.45, 2.75) is 0 Å². The van der Waals surface area contributed by atoms with Crippen LogP contribution in [0, 0.1) is 17.9 Å². The lowest BCUT2D eigenvalue weighted by Crippen LogP contribution is -1.87. The summed E-state index contributed by atoms with van der Waals surface area (Å²) in [5, 5.41) is 45.9. The van der Waals surface area contributed by atoms with Crippen LogP contribution in [0.5, 0.6) is 0 Å². The molecule has 0 N–H and O–H groups in total. The highest BCUT2D eigenvalue weighted by Gasteiger charge is 2.30. The van der Waals surface area contributed by atoms with Gasteiger partial charge in [0.1, 0.15) is 0 Å². The molecule has 2 nitrogen and oxygen atoms in total. The lowest BCUT2D eigenvalue weighted by molar-refractivity contribution is 1.48. The van der Waals surface area contributed by atoms with E-state index in [1.807, 2.05) is 24.3 Å². The minimum absolute atomic E-state index is 0.644. The van der Waals surface area contributed by atoms with E-state index in [0.717, 1.165) is 22.3 Å². The van der Waals surface area contributed by atoms with Gasteiger partial charge in [-0.05, 0) is 232 Å². The van der Waals surface area contributed by atoms with Crippen molar-refractivity contribution in [1.29, 1.82) is 5.26 Å². The molecule has 0 atom stereocenters. The van der Waals surface area contributed by atoms with Gasteiger partial charge in [0.25, 0.3) is 0 Å². The summed E-state index contributed by atoms with van der Waals surface area (Å²) in [6.07, 6.45) is 0. The highest BCUT2D eigenvalue weighted by Crippen LogP contribution is 2.59. The standard InChI is InChI=1S/C78H38N2/c1-80-48-26-24-43(25-27-48)47-37-62-50-17-9-11-19-52(50)74-72(62)64(39-47)66(45-14-6-3-7-15-45)76-58-33-29-54-55-30-34-59-69-57(32-28-53(67(55)69)56-31-35-60(78(74)76)70(58)68(54)56)75-65(44-12-4-2-5-13-44)63-38-46(42-22-20-41(40-79)21-23-42)36-61-49-16-8-10-18-51(49)73(71(61)63)77(59)75/h2-39H. The van der Waals surface area contributed by atoms with Crippen molar-refractivity contribution >= 4 is 157 Å². The van der Waals surface area contributed by atoms with E-state index < -0.39 is 0 Å². The second-order valence-electron chi connectivity index (χ2n) is 22.2. The number of rotatable bonds is 4. The van der Waals surface area contributed by atoms with E-state index in [4.69, 9.17) is 6.57 Å². The van der Waals surface area contributed by atoms with E-state index in [0.29, 0.717) is 11.3 Å². The molecule has 0 saturated heterocycles. The van der Waals surface area contributed by atoms with Crippen LogP contribution in [0.2, 0.25) is 0 Å². The molecule has 0 aliphatic carbocycles. The van der Waals surface area contributed by atoms with Crippen LogP contribution in [0.1, 0.15) is 5.56 Å². The first kappa shape index (κ1) is 42.2. The molecule has 0 aliphatic rings. The highest BCUT2D eigenvalue weighted by atomic mass is 14.6. The van der Waals surface area contributed by atoms with E-state index in [-0.39, 0.29) is 0 Å². The SMILES string of the molecule is [C-]#[N+]c1ccc(-c2cc3c(-c4ccccc4)c4c5ccc6c7ccc8c9c(ccc(c%10ccc(c5c6%10)c4c4c5ccccc5c(c2)c34)c79)c2c(-c3ccccc3)c3cc(-c4ccc(C#N)cc4)cc4c5ccccc5c(c34)c82)cc1. The minimum Gasteiger partial charge on any atom is -0.238 e. The zero-order valence-corrected chi connectivity index (χ0v) is 42.8. The minimum atomic E-state index is 0.644. The Balaban J connectivity index is 0.969. The summed E-state index contributed by atoms with van der Waals surface area (Å²) in [5.74, 6) is 0. The second-order valence-corrected chi connectivity index (χ2v) is 22.2. The van der Waals surface area contributed by atoms with Crippen LogP contribution in [0.15, 0.2) is 231 Å². The van der Waals surface area contributed by atoms with Gasteiger partial charge in [-0.1, -0.05) is 194 Å². The summed E-state index contributed by atoms with van der Waals surface area (Å²) in [4.78, 5) is 3.72. The first-order chi connectivity index (χ1) is 39.6. The van der Waals surface area contributed by atoms with E-state index in [1.54, 1.807) is 0 Å². The molecule has 0 saturated carbocycles. The molecule has 0 fully saturated rings. The average Bonchev–Trinajstić information content (AvgIpc) is 4.37. The third-order valence-corrected chi connectivity index (χ3v) is 18.6. The highest BCUT2D eigenvalue weighted by molar-refractivity contribution is 6.54. The fourth-order valence-corrected chi connectivity index (χ4v) is 15.5. The largest absolute Gasteiger partial charge is 0.238 e. The molecule has 80 heavy (non-hydrogen) atoms. The molecule has 0 unspecified atom stereocenters. The lowest BCUT2D eigenvalue weighted by Gasteiger charge is -2.15. The molecular weight excluding hydrogens is 965 g/mol. The van der Waals surface area contributed by atoms with Gasteiger partial charge in [0.15, 0.2) is 5.69 Å². The van der Waals surface area contributed by atoms with Crippen molar-refractivity contribution in [1.82, 2.24) is 0 Å². The van der Waals surface area contributed by atoms with Crippen LogP contribution < -0.4 is 0 Å². The molecule has 19 rings (SSSR count). The molecule has 19 aromatic carbocycles. The lowest BCUT2D eigenvalue weighted by atomic mass is 9.87. The number of hydrogen-bond donors (Lipinski definition) is 0. The zero-order valence-electron chi connectivity index (χ0n) is 42.8. The van der Waals surface area contributed by atoms with Crippen LogP contribution >= 0.6 is 0 Å². The normalized spacial score (nSPS) is 12.5. The molecule has 0 heterocycles. The summed E-state index contributed by atoms with van der Waals surface area (Å²) in [6.45, 7) is 7.67. The Morgan fingerprint density at radius 2 is 0.550 bits per heavy atom. The van der Waals surface area contributed by atoms with Gasteiger partial charge in [-0.3, -0.25) is 0 Å². The Morgan fingerprint density at radius 1 is 0.237 bits per heavy atom. The first-order valence-corrected chi connectivity index (χ1v) is 27.5. The third kappa shape index (κ3) is 5.13. The number of fused-ring (bicyclic) bond motifs is 16. The number of nitriles is 1. The van der Waals surface area contributed by atoms with Gasteiger partial charge in [-0.15, -0.1) is 0 Å². The van der Waals surface area contributed by atoms with Crippen LogP contribution in [0.3, 0.4) is 0 Å². The summed E-state index contributed by atoms with van der Waals surface area (Å²) in [5.41, 5.74) is 10.7. The van der Waals surface area contributed by atoms with Gasteiger partial charge >= 0.3 is 0 Å². The Bertz CT molecular complexity index is 5590. The van der Waals surface area contributed by atoms with Gasteiger partial charge in [0, 0.05) is 0 Å². The van der Waals surface area contributed by atoms with Gasteiger partial charge in [0.05, 0.1) is 18.2 Å². The van der Waals surface area contributed by atoms with Crippen LogP contribution in [-0.4, -0.2) is 0 Å². The third-order valence-electron chi connectivity index (χ3n) is 18.6. The van der Waals surface area contributed by atoms with Gasteiger partial charge in [-0.2, -0.15) is 5.26 Å². The summed E-state index contributed by atoms with van der Waals surface area (Å²) in [6, 6.07) is 87.8. The summed E-state index contributed by atoms with van der Waals surface area (Å²) >= 11 is 0. The van der Waals surface area contributed by atoms with E-state index in [2.05, 4.69) is 217 Å². The van der Waals surface area contributed by atoms with Crippen LogP contribution in [0.4, 0.5) is 5.69 Å². The smallest absolute Gasteiger partial charge is 0.187 e. The molecule has 0 aliphatic heterocycles. The molecule has 19 aromatic rings. The maximum atomic E-state index is 9.74. The Kier molecular flexibility index (Phi) is 7.91. The number of hydrogen-bond acceptors (Lipinski definition) is 1. The molecule has 0 spiro atoms. The molecule has 360 valence electrons. The van der Waals surface area contributed by atoms with Crippen molar-refractivity contribution in [3.05, 3.63) is 248 Å². The van der Waals surface area contributed by atoms with E-state index in [1.165, 1.54) is 173 Å². The average molecular weight is 1000 g/mol. The Labute approximate surface area is 457 Å². The monoisotopic (exact) mass is 1000 g/mol. The maximum Gasteiger partial charge on any atom is 0.187 e. The van der Waals surface area contributed by atoms with Crippen molar-refractivity contribution < 1.29 is 0 Å². The van der Waals surface area contributed by atoms with E-state index in [9.17, 15) is 5.26 Å². The summed E-state index contributed by atoms with van der Waals surface area (Å²) < 4.78 is 0.